The van der Waals surface area contributed by atoms with Gasteiger partial charge in [-0.15, -0.1) is 0 Å². The van der Waals surface area contributed by atoms with Crippen LogP contribution in [0.1, 0.15) is 39.0 Å². The second-order valence-electron chi connectivity index (χ2n) is 8.39. The zero-order chi connectivity index (χ0) is 25.0. The Hall–Kier alpha value is -1.18. The number of aromatic nitrogens is 2. The second-order valence-corrected chi connectivity index (χ2v) is 11.6. The minimum Gasteiger partial charge on any atom is -0.390 e. The number of aliphatic hydroxyl groups is 1. The van der Waals surface area contributed by atoms with Crippen molar-refractivity contribution in [3.8, 4) is 0 Å². The molecule has 5 atom stereocenters. The van der Waals surface area contributed by atoms with Gasteiger partial charge < -0.3 is 28.9 Å². The number of H-pyrrole nitrogens is 1. The third-order valence-corrected chi connectivity index (χ3v) is 6.58. The summed E-state index contributed by atoms with van der Waals surface area (Å²) in [5, 5.41) is 10.2. The molecule has 1 aromatic heterocycles. The van der Waals surface area contributed by atoms with Gasteiger partial charge in [0.1, 0.15) is 18.7 Å². The Morgan fingerprint density at radius 2 is 1.88 bits per heavy atom. The highest BCUT2D eigenvalue weighted by Crippen LogP contribution is 2.47. The van der Waals surface area contributed by atoms with Crippen molar-refractivity contribution in [2.45, 2.75) is 58.2 Å². The van der Waals surface area contributed by atoms with Gasteiger partial charge in [-0.05, 0) is 27.7 Å². The summed E-state index contributed by atoms with van der Waals surface area (Å²) < 4.78 is 50.0. The van der Waals surface area contributed by atoms with Crippen molar-refractivity contribution in [3.05, 3.63) is 32.6 Å². The van der Waals surface area contributed by atoms with Gasteiger partial charge in [0.15, 0.2) is 0 Å². The van der Waals surface area contributed by atoms with E-state index in [1.54, 1.807) is 20.8 Å². The zero-order valence-electron chi connectivity index (χ0n) is 18.7. The first-order valence-electron chi connectivity index (χ1n) is 9.96. The molecule has 14 nitrogen and oxygen atoms in total. The van der Waals surface area contributed by atoms with Crippen LogP contribution in [0.25, 0.3) is 0 Å². The maximum absolute atomic E-state index is 12.1. The molecular weight excluding hydrogens is 486 g/mol. The molecule has 33 heavy (non-hydrogen) atoms. The molecular formula is C17H30N2O12P2. The normalized spacial score (nSPS) is 25.0. The largest absolute Gasteiger partial charge is 0.472 e. The molecule has 0 saturated carbocycles. The molecule has 1 fully saturated rings. The topological polar surface area (TPSA) is 196 Å². The molecule has 0 amide bonds. The Labute approximate surface area is 189 Å². The fourth-order valence-electron chi connectivity index (χ4n) is 2.83. The van der Waals surface area contributed by atoms with E-state index in [1.807, 2.05) is 0 Å². The zero-order valence-corrected chi connectivity index (χ0v) is 20.5. The van der Waals surface area contributed by atoms with E-state index in [0.717, 1.165) is 4.57 Å². The number of hydrogen-bond donors (Lipinski definition) is 4. The highest BCUT2D eigenvalue weighted by atomic mass is 31.2. The van der Waals surface area contributed by atoms with E-state index in [0.29, 0.717) is 0 Å². The lowest BCUT2D eigenvalue weighted by Crippen LogP contribution is -2.33. The second kappa shape index (κ2) is 11.0. The van der Waals surface area contributed by atoms with Gasteiger partial charge in [-0.2, -0.15) is 0 Å². The first-order chi connectivity index (χ1) is 15.1. The number of nitrogens with zero attached hydrogens (tertiary/aromatic N) is 1. The SMILES string of the molecule is Cc1cn(C2CC(O)C(COP(=O)(O)COCCOP(=O)(O)OC(C)(C)C)O2)c(=O)[nH]c1=O. The van der Waals surface area contributed by atoms with Crippen LogP contribution in [0.5, 0.6) is 0 Å². The van der Waals surface area contributed by atoms with Gasteiger partial charge in [-0.3, -0.25) is 28.0 Å². The Bertz CT molecular complexity index is 1020. The van der Waals surface area contributed by atoms with E-state index in [4.69, 9.17) is 23.0 Å². The summed E-state index contributed by atoms with van der Waals surface area (Å²) in [6, 6.07) is 0. The molecule has 0 aliphatic carbocycles. The van der Waals surface area contributed by atoms with Crippen molar-refractivity contribution in [3.63, 3.8) is 0 Å². The van der Waals surface area contributed by atoms with Gasteiger partial charge in [0.05, 0.1) is 31.5 Å². The Balaban J connectivity index is 1.78. The van der Waals surface area contributed by atoms with Crippen molar-refractivity contribution >= 4 is 15.4 Å². The van der Waals surface area contributed by atoms with Crippen molar-refractivity contribution in [2.75, 3.05) is 26.2 Å². The van der Waals surface area contributed by atoms with Crippen LogP contribution in [0.15, 0.2) is 15.8 Å². The molecule has 190 valence electrons. The summed E-state index contributed by atoms with van der Waals surface area (Å²) in [4.78, 5) is 45.0. The summed E-state index contributed by atoms with van der Waals surface area (Å²) in [5.41, 5.74) is -1.88. The molecule has 0 aromatic carbocycles. The molecule has 1 aromatic rings. The van der Waals surface area contributed by atoms with Crippen LogP contribution in [-0.2, 0) is 32.2 Å². The number of aromatic amines is 1. The lowest BCUT2D eigenvalue weighted by molar-refractivity contribution is -0.0435. The Kier molecular flexibility index (Phi) is 9.39. The number of phosphoric ester groups is 1. The van der Waals surface area contributed by atoms with Crippen molar-refractivity contribution in [2.24, 2.45) is 0 Å². The monoisotopic (exact) mass is 516 g/mol. The predicted octanol–water partition coefficient (Wildman–Crippen LogP) is 0.602. The van der Waals surface area contributed by atoms with E-state index in [9.17, 15) is 33.6 Å². The fraction of sp³-hybridized carbons (Fsp3) is 0.765. The minimum absolute atomic E-state index is 0.000832. The highest BCUT2D eigenvalue weighted by Gasteiger charge is 2.37. The third-order valence-electron chi connectivity index (χ3n) is 4.23. The van der Waals surface area contributed by atoms with Crippen LogP contribution in [0.2, 0.25) is 0 Å². The van der Waals surface area contributed by atoms with Crippen LogP contribution in [0, 0.1) is 6.92 Å². The molecule has 2 heterocycles. The third kappa shape index (κ3) is 9.18. The average molecular weight is 516 g/mol. The molecule has 1 aliphatic heterocycles. The molecule has 0 spiro atoms. The minimum atomic E-state index is -4.30. The number of phosphoric acid groups is 1. The standard InChI is InChI=1S/C17H30N2O12P2/c1-11-8-19(16(22)18-15(11)21)14-7-12(20)13(30-14)9-29-32(23,24)10-27-5-6-28-33(25,26)31-17(2,3)4/h8,12-14,20H,5-7,9-10H2,1-4H3,(H,23,24)(H,25,26)(H,18,21,22). The van der Waals surface area contributed by atoms with E-state index in [1.165, 1.54) is 13.1 Å². The van der Waals surface area contributed by atoms with Gasteiger partial charge in [-0.1, -0.05) is 0 Å². The van der Waals surface area contributed by atoms with E-state index in [-0.39, 0.29) is 25.2 Å². The van der Waals surface area contributed by atoms with E-state index >= 15 is 0 Å². The maximum atomic E-state index is 12.1. The van der Waals surface area contributed by atoms with Gasteiger partial charge in [0, 0.05) is 18.2 Å². The summed E-state index contributed by atoms with van der Waals surface area (Å²) in [6.45, 7) is 5.10. The van der Waals surface area contributed by atoms with E-state index < -0.39 is 63.7 Å². The lowest BCUT2D eigenvalue weighted by atomic mass is 10.2. The highest BCUT2D eigenvalue weighted by molar-refractivity contribution is 7.52. The van der Waals surface area contributed by atoms with Crippen LogP contribution in [0.3, 0.4) is 0 Å². The fourth-order valence-corrected chi connectivity index (χ4v) is 4.69. The van der Waals surface area contributed by atoms with Gasteiger partial charge in [-0.25, -0.2) is 9.36 Å². The number of aryl methyl sites for hydroxylation is 1. The van der Waals surface area contributed by atoms with Gasteiger partial charge in [0.25, 0.3) is 5.56 Å². The molecule has 2 rings (SSSR count). The number of aliphatic hydroxyl groups excluding tert-OH is 1. The molecule has 4 N–H and O–H groups in total. The molecule has 16 heteroatoms. The first kappa shape index (κ1) is 28.1. The molecule has 0 bridgehead atoms. The number of rotatable bonds is 11. The van der Waals surface area contributed by atoms with Crippen LogP contribution in [0.4, 0.5) is 0 Å². The average Bonchev–Trinajstić information content (AvgIpc) is 3.01. The summed E-state index contributed by atoms with van der Waals surface area (Å²) >= 11 is 0. The quantitative estimate of drug-likeness (QED) is 0.237. The smallest absolute Gasteiger partial charge is 0.390 e. The molecule has 0 radical (unpaired) electrons. The summed E-state index contributed by atoms with van der Waals surface area (Å²) in [6.07, 6.45) is -2.44. The maximum Gasteiger partial charge on any atom is 0.472 e. The number of ether oxygens (including phenoxy) is 2. The Morgan fingerprint density at radius 1 is 1.21 bits per heavy atom. The van der Waals surface area contributed by atoms with E-state index in [2.05, 4.69) is 4.98 Å². The molecule has 1 saturated heterocycles. The van der Waals surface area contributed by atoms with Crippen molar-refractivity contribution in [1.82, 2.24) is 9.55 Å². The van der Waals surface area contributed by atoms with Gasteiger partial charge >= 0.3 is 21.1 Å². The van der Waals surface area contributed by atoms with Crippen LogP contribution < -0.4 is 11.2 Å². The first-order valence-corrected chi connectivity index (χ1v) is 13.2. The lowest BCUT2D eigenvalue weighted by Gasteiger charge is -2.22. The predicted molar refractivity (Wildman–Crippen MR) is 114 cm³/mol. The van der Waals surface area contributed by atoms with Crippen LogP contribution in [-0.4, -0.2) is 68.4 Å². The Morgan fingerprint density at radius 3 is 2.52 bits per heavy atom. The number of nitrogens with one attached hydrogen (secondary N) is 1. The molecule has 5 unspecified atom stereocenters. The van der Waals surface area contributed by atoms with Crippen LogP contribution >= 0.6 is 15.4 Å². The molecule has 1 aliphatic rings. The van der Waals surface area contributed by atoms with Crippen molar-refractivity contribution < 1.29 is 47.1 Å². The van der Waals surface area contributed by atoms with Gasteiger partial charge in [0.2, 0.25) is 0 Å². The number of hydrogen-bond acceptors (Lipinski definition) is 10. The van der Waals surface area contributed by atoms with Crippen molar-refractivity contribution in [1.29, 1.82) is 0 Å². The summed E-state index contributed by atoms with van der Waals surface area (Å²) in [7, 11) is -8.55. The summed E-state index contributed by atoms with van der Waals surface area (Å²) in [5.74, 6) is 0.